The van der Waals surface area contributed by atoms with Crippen LogP contribution in [0.3, 0.4) is 0 Å². The number of furan rings is 1. The molecule has 4 rings (SSSR count). The molecule has 3 aromatic rings. The Morgan fingerprint density at radius 2 is 1.86 bits per heavy atom. The number of aryl methyl sites for hydroxylation is 2. The summed E-state index contributed by atoms with van der Waals surface area (Å²) < 4.78 is 6.39. The number of amides is 1. The number of thiocarbonyl (C=S) groups is 1. The molecule has 1 amide bonds. The van der Waals surface area contributed by atoms with Gasteiger partial charge in [0.05, 0.1) is 15.6 Å². The summed E-state index contributed by atoms with van der Waals surface area (Å²) >= 11 is 18.9. The Kier molecular flexibility index (Phi) is 5.58. The highest BCUT2D eigenvalue weighted by molar-refractivity contribution is 8.27. The molecule has 0 aliphatic carbocycles. The van der Waals surface area contributed by atoms with Crippen molar-refractivity contribution >= 4 is 69.2 Å². The maximum Gasteiger partial charge on any atom is 0.270 e. The minimum absolute atomic E-state index is 0.158. The van der Waals surface area contributed by atoms with Crippen LogP contribution in [0.1, 0.15) is 16.9 Å². The van der Waals surface area contributed by atoms with E-state index in [1.807, 2.05) is 38.1 Å². The average molecular weight is 460 g/mol. The van der Waals surface area contributed by atoms with Gasteiger partial charge in [0.15, 0.2) is 4.32 Å². The summed E-state index contributed by atoms with van der Waals surface area (Å²) in [5, 5.41) is 1.06. The molecular formula is C22H15Cl2NO2S2. The Bertz CT molecular complexity index is 1180. The third-order valence-corrected chi connectivity index (χ3v) is 6.33. The first-order valence-electron chi connectivity index (χ1n) is 8.74. The molecule has 29 heavy (non-hydrogen) atoms. The zero-order chi connectivity index (χ0) is 20.7. The van der Waals surface area contributed by atoms with Crippen molar-refractivity contribution in [2.24, 2.45) is 0 Å². The molecule has 2 aromatic carbocycles. The van der Waals surface area contributed by atoms with Gasteiger partial charge in [0.25, 0.3) is 5.91 Å². The van der Waals surface area contributed by atoms with Gasteiger partial charge in [-0.05, 0) is 55.8 Å². The molecule has 1 aromatic heterocycles. The molecule has 0 radical (unpaired) electrons. The van der Waals surface area contributed by atoms with Gasteiger partial charge in [-0.1, -0.05) is 64.9 Å². The third-order valence-electron chi connectivity index (χ3n) is 4.48. The minimum atomic E-state index is -0.158. The van der Waals surface area contributed by atoms with Crippen LogP contribution < -0.4 is 4.90 Å². The van der Waals surface area contributed by atoms with Crippen molar-refractivity contribution in [3.8, 4) is 11.3 Å². The topological polar surface area (TPSA) is 33.5 Å². The van der Waals surface area contributed by atoms with E-state index in [2.05, 4.69) is 0 Å². The zero-order valence-corrected chi connectivity index (χ0v) is 18.7. The van der Waals surface area contributed by atoms with E-state index in [0.717, 1.165) is 22.4 Å². The van der Waals surface area contributed by atoms with E-state index in [4.69, 9.17) is 39.8 Å². The van der Waals surface area contributed by atoms with E-state index in [-0.39, 0.29) is 5.91 Å². The summed E-state index contributed by atoms with van der Waals surface area (Å²) in [4.78, 5) is 15.1. The number of hydrogen-bond acceptors (Lipinski definition) is 4. The van der Waals surface area contributed by atoms with Gasteiger partial charge in [-0.2, -0.15) is 0 Å². The fourth-order valence-corrected chi connectivity index (χ4v) is 4.89. The molecule has 1 aliphatic rings. The first-order valence-corrected chi connectivity index (χ1v) is 10.7. The molecule has 1 saturated heterocycles. The second-order valence-electron chi connectivity index (χ2n) is 6.63. The largest absolute Gasteiger partial charge is 0.457 e. The van der Waals surface area contributed by atoms with Crippen molar-refractivity contribution in [3.05, 3.63) is 80.4 Å². The normalized spacial score (nSPS) is 15.6. The molecule has 0 unspecified atom stereocenters. The van der Waals surface area contributed by atoms with Crippen LogP contribution in [0.5, 0.6) is 0 Å². The minimum Gasteiger partial charge on any atom is -0.457 e. The summed E-state index contributed by atoms with van der Waals surface area (Å²) in [6.45, 7) is 3.99. The maximum absolute atomic E-state index is 13.0. The van der Waals surface area contributed by atoms with Gasteiger partial charge >= 0.3 is 0 Å². The molecule has 7 heteroatoms. The fourth-order valence-electron chi connectivity index (χ4n) is 3.13. The Hall–Kier alpha value is -2.05. The van der Waals surface area contributed by atoms with Crippen LogP contribution in [0, 0.1) is 13.8 Å². The van der Waals surface area contributed by atoms with Crippen LogP contribution in [0.2, 0.25) is 10.0 Å². The zero-order valence-electron chi connectivity index (χ0n) is 15.5. The van der Waals surface area contributed by atoms with Crippen LogP contribution >= 0.6 is 47.2 Å². The van der Waals surface area contributed by atoms with E-state index < -0.39 is 0 Å². The molecule has 0 bridgehead atoms. The Labute approximate surface area is 188 Å². The Morgan fingerprint density at radius 3 is 2.59 bits per heavy atom. The highest BCUT2D eigenvalue weighted by Crippen LogP contribution is 2.38. The monoisotopic (exact) mass is 459 g/mol. The number of halogens is 2. The summed E-state index contributed by atoms with van der Waals surface area (Å²) in [5.74, 6) is 0.990. The van der Waals surface area contributed by atoms with Crippen LogP contribution in [0.25, 0.3) is 17.4 Å². The van der Waals surface area contributed by atoms with Crippen molar-refractivity contribution in [2.75, 3.05) is 4.90 Å². The summed E-state index contributed by atoms with van der Waals surface area (Å²) in [5.41, 5.74) is 3.67. The van der Waals surface area contributed by atoms with Crippen molar-refractivity contribution in [1.82, 2.24) is 0 Å². The van der Waals surface area contributed by atoms with Crippen molar-refractivity contribution in [3.63, 3.8) is 0 Å². The van der Waals surface area contributed by atoms with E-state index in [9.17, 15) is 4.79 Å². The number of nitrogens with zero attached hydrogens (tertiary/aromatic N) is 1. The molecule has 1 aliphatic heterocycles. The standard InChI is InChI=1S/C22H15Cl2NO2S2/c1-12-3-7-18(13(2)9-12)25-21(26)20(29-22(25)28)11-15-5-8-19(27-15)16-6-4-14(23)10-17(16)24/h3-11H,1-2H3/b20-11-. The number of thioether (sulfide) groups is 1. The van der Waals surface area contributed by atoms with Crippen LogP contribution in [-0.2, 0) is 4.79 Å². The van der Waals surface area contributed by atoms with Gasteiger partial charge in [0, 0.05) is 16.7 Å². The van der Waals surface area contributed by atoms with E-state index in [0.29, 0.717) is 30.8 Å². The lowest BCUT2D eigenvalue weighted by atomic mass is 10.1. The van der Waals surface area contributed by atoms with Crippen molar-refractivity contribution < 1.29 is 9.21 Å². The van der Waals surface area contributed by atoms with Gasteiger partial charge in [0.2, 0.25) is 0 Å². The highest BCUT2D eigenvalue weighted by atomic mass is 35.5. The van der Waals surface area contributed by atoms with Crippen molar-refractivity contribution in [2.45, 2.75) is 13.8 Å². The quantitative estimate of drug-likeness (QED) is 0.304. The number of benzene rings is 2. The van der Waals surface area contributed by atoms with Gasteiger partial charge in [-0.25, -0.2) is 0 Å². The number of carbonyl (C=O) groups is 1. The highest BCUT2D eigenvalue weighted by Gasteiger charge is 2.34. The molecule has 146 valence electrons. The first kappa shape index (κ1) is 20.2. The second-order valence-corrected chi connectivity index (χ2v) is 9.15. The molecule has 2 heterocycles. The van der Waals surface area contributed by atoms with Gasteiger partial charge in [-0.3, -0.25) is 9.69 Å². The lowest BCUT2D eigenvalue weighted by molar-refractivity contribution is -0.113. The van der Waals surface area contributed by atoms with Gasteiger partial charge in [-0.15, -0.1) is 0 Å². The maximum atomic E-state index is 13.0. The Morgan fingerprint density at radius 1 is 1.07 bits per heavy atom. The Balaban J connectivity index is 1.63. The molecule has 3 nitrogen and oxygen atoms in total. The average Bonchev–Trinajstić information content (AvgIpc) is 3.21. The number of anilines is 1. The van der Waals surface area contributed by atoms with E-state index in [1.54, 1.807) is 35.2 Å². The number of carbonyl (C=O) groups excluding carboxylic acids is 1. The van der Waals surface area contributed by atoms with E-state index in [1.165, 1.54) is 11.8 Å². The van der Waals surface area contributed by atoms with Gasteiger partial charge in [0.1, 0.15) is 11.5 Å². The van der Waals surface area contributed by atoms with Crippen LogP contribution in [0.4, 0.5) is 5.69 Å². The van der Waals surface area contributed by atoms with Crippen LogP contribution in [0.15, 0.2) is 57.9 Å². The first-order chi connectivity index (χ1) is 13.8. The van der Waals surface area contributed by atoms with Crippen LogP contribution in [-0.4, -0.2) is 10.2 Å². The number of hydrogen-bond donors (Lipinski definition) is 0. The smallest absolute Gasteiger partial charge is 0.270 e. The lowest BCUT2D eigenvalue weighted by Crippen LogP contribution is -2.28. The summed E-state index contributed by atoms with van der Waals surface area (Å²) in [7, 11) is 0. The van der Waals surface area contributed by atoms with Crippen molar-refractivity contribution in [1.29, 1.82) is 0 Å². The fraction of sp³-hybridized carbons (Fsp3) is 0.0909. The van der Waals surface area contributed by atoms with E-state index >= 15 is 0 Å². The lowest BCUT2D eigenvalue weighted by Gasteiger charge is -2.17. The molecular weight excluding hydrogens is 445 g/mol. The molecule has 0 saturated carbocycles. The molecule has 1 fully saturated rings. The van der Waals surface area contributed by atoms with Gasteiger partial charge < -0.3 is 4.42 Å². The molecule has 0 spiro atoms. The molecule has 0 N–H and O–H groups in total. The molecule has 0 atom stereocenters. The predicted octanol–water partition coefficient (Wildman–Crippen LogP) is 7.28. The summed E-state index contributed by atoms with van der Waals surface area (Å²) in [6.07, 6.45) is 1.70. The third kappa shape index (κ3) is 4.01. The second kappa shape index (κ2) is 8.00. The SMILES string of the molecule is Cc1ccc(N2C(=O)/C(=C/c3ccc(-c4ccc(Cl)cc4Cl)o3)SC2=S)c(C)c1. The number of rotatable bonds is 3. The summed E-state index contributed by atoms with van der Waals surface area (Å²) in [6, 6.07) is 14.7. The predicted molar refractivity (Wildman–Crippen MR) is 126 cm³/mol.